The average Bonchev–Trinajstić information content (AvgIpc) is 2.34. The van der Waals surface area contributed by atoms with Crippen molar-refractivity contribution in [1.82, 2.24) is 4.90 Å². The van der Waals surface area contributed by atoms with Gasteiger partial charge < -0.3 is 10.5 Å². The van der Waals surface area contributed by atoms with Crippen LogP contribution in [0, 0.1) is 5.82 Å². The molecule has 0 saturated carbocycles. The summed E-state index contributed by atoms with van der Waals surface area (Å²) < 4.78 is 18.1. The highest BCUT2D eigenvalue weighted by atomic mass is 19.1. The third-order valence-electron chi connectivity index (χ3n) is 2.96. The SMILES string of the molecule is NCC(c1ccc(F)cc1)N1CCOCC1. The van der Waals surface area contributed by atoms with E-state index < -0.39 is 0 Å². The number of hydrogen-bond acceptors (Lipinski definition) is 3. The van der Waals surface area contributed by atoms with Gasteiger partial charge in [0.15, 0.2) is 0 Å². The highest BCUT2D eigenvalue weighted by molar-refractivity contribution is 5.20. The van der Waals surface area contributed by atoms with Gasteiger partial charge in [-0.1, -0.05) is 12.1 Å². The molecule has 16 heavy (non-hydrogen) atoms. The molecule has 4 heteroatoms. The molecule has 0 radical (unpaired) electrons. The Balaban J connectivity index is 2.11. The summed E-state index contributed by atoms with van der Waals surface area (Å²) in [5.41, 5.74) is 6.87. The maximum atomic E-state index is 12.8. The van der Waals surface area contributed by atoms with Crippen LogP contribution in [0.25, 0.3) is 0 Å². The zero-order chi connectivity index (χ0) is 11.4. The molecule has 1 aliphatic heterocycles. The normalized spacial score (nSPS) is 19.6. The van der Waals surface area contributed by atoms with Crippen LogP contribution in [0.3, 0.4) is 0 Å². The van der Waals surface area contributed by atoms with Crippen LogP contribution in [0.2, 0.25) is 0 Å². The molecule has 0 amide bonds. The van der Waals surface area contributed by atoms with E-state index >= 15 is 0 Å². The number of morpholine rings is 1. The Hall–Kier alpha value is -0.970. The minimum absolute atomic E-state index is 0.171. The number of benzene rings is 1. The van der Waals surface area contributed by atoms with E-state index in [1.165, 1.54) is 12.1 Å². The lowest BCUT2D eigenvalue weighted by Crippen LogP contribution is -2.41. The molecule has 0 bridgehead atoms. The zero-order valence-corrected chi connectivity index (χ0v) is 9.23. The van der Waals surface area contributed by atoms with Crippen molar-refractivity contribution in [3.63, 3.8) is 0 Å². The molecule has 2 rings (SSSR count). The van der Waals surface area contributed by atoms with Crippen molar-refractivity contribution in [2.45, 2.75) is 6.04 Å². The highest BCUT2D eigenvalue weighted by Gasteiger charge is 2.20. The zero-order valence-electron chi connectivity index (χ0n) is 9.23. The number of nitrogens with zero attached hydrogens (tertiary/aromatic N) is 1. The van der Waals surface area contributed by atoms with Gasteiger partial charge in [-0.3, -0.25) is 4.90 Å². The average molecular weight is 224 g/mol. The van der Waals surface area contributed by atoms with Gasteiger partial charge >= 0.3 is 0 Å². The molecule has 0 spiro atoms. The van der Waals surface area contributed by atoms with E-state index in [4.69, 9.17) is 10.5 Å². The molecular weight excluding hydrogens is 207 g/mol. The van der Waals surface area contributed by atoms with Crippen molar-refractivity contribution in [3.05, 3.63) is 35.6 Å². The summed E-state index contributed by atoms with van der Waals surface area (Å²) in [5, 5.41) is 0. The summed E-state index contributed by atoms with van der Waals surface area (Å²) >= 11 is 0. The first kappa shape index (κ1) is 11.5. The number of nitrogens with two attached hydrogens (primary N) is 1. The minimum Gasteiger partial charge on any atom is -0.379 e. The summed E-state index contributed by atoms with van der Waals surface area (Å²) in [6, 6.07) is 6.76. The maximum Gasteiger partial charge on any atom is 0.123 e. The second-order valence-corrected chi connectivity index (χ2v) is 3.95. The van der Waals surface area contributed by atoms with E-state index in [0.717, 1.165) is 31.9 Å². The second kappa shape index (κ2) is 5.39. The topological polar surface area (TPSA) is 38.5 Å². The van der Waals surface area contributed by atoms with Gasteiger partial charge in [0.1, 0.15) is 5.82 Å². The van der Waals surface area contributed by atoms with Crippen LogP contribution in [-0.4, -0.2) is 37.7 Å². The highest BCUT2D eigenvalue weighted by Crippen LogP contribution is 2.20. The van der Waals surface area contributed by atoms with Gasteiger partial charge in [-0.05, 0) is 17.7 Å². The summed E-state index contributed by atoms with van der Waals surface area (Å²) in [6.07, 6.45) is 0. The van der Waals surface area contributed by atoms with Crippen molar-refractivity contribution in [2.24, 2.45) is 5.73 Å². The number of hydrogen-bond donors (Lipinski definition) is 1. The van der Waals surface area contributed by atoms with Crippen LogP contribution in [0.5, 0.6) is 0 Å². The van der Waals surface area contributed by atoms with Crippen molar-refractivity contribution >= 4 is 0 Å². The molecule has 0 aromatic heterocycles. The summed E-state index contributed by atoms with van der Waals surface area (Å²) in [4.78, 5) is 2.29. The molecule has 1 saturated heterocycles. The molecule has 0 aliphatic carbocycles. The standard InChI is InChI=1S/C12H17FN2O/c13-11-3-1-10(2-4-11)12(9-14)15-5-7-16-8-6-15/h1-4,12H,5-9,14H2. The lowest BCUT2D eigenvalue weighted by molar-refractivity contribution is 0.0179. The van der Waals surface area contributed by atoms with Gasteiger partial charge in [-0.2, -0.15) is 0 Å². The van der Waals surface area contributed by atoms with Gasteiger partial charge in [0.2, 0.25) is 0 Å². The quantitative estimate of drug-likeness (QED) is 0.837. The molecule has 1 aromatic rings. The fourth-order valence-corrected chi connectivity index (χ4v) is 2.07. The van der Waals surface area contributed by atoms with Gasteiger partial charge in [0, 0.05) is 25.7 Å². The second-order valence-electron chi connectivity index (χ2n) is 3.95. The van der Waals surface area contributed by atoms with Crippen LogP contribution in [-0.2, 0) is 4.74 Å². The predicted molar refractivity (Wildman–Crippen MR) is 60.6 cm³/mol. The summed E-state index contributed by atoms with van der Waals surface area (Å²) in [6.45, 7) is 3.82. The van der Waals surface area contributed by atoms with Crippen LogP contribution < -0.4 is 5.73 Å². The third-order valence-corrected chi connectivity index (χ3v) is 2.96. The van der Waals surface area contributed by atoms with E-state index in [9.17, 15) is 4.39 Å². The Morgan fingerprint density at radius 1 is 1.25 bits per heavy atom. The molecule has 1 unspecified atom stereocenters. The van der Waals surface area contributed by atoms with E-state index in [1.54, 1.807) is 0 Å². The van der Waals surface area contributed by atoms with E-state index in [1.807, 2.05) is 12.1 Å². The van der Waals surface area contributed by atoms with Crippen molar-refractivity contribution in [2.75, 3.05) is 32.8 Å². The fraction of sp³-hybridized carbons (Fsp3) is 0.500. The number of ether oxygens (including phenoxy) is 1. The Kier molecular flexibility index (Phi) is 3.88. The van der Waals surface area contributed by atoms with Gasteiger partial charge in [-0.15, -0.1) is 0 Å². The predicted octanol–water partition coefficient (Wildman–Crippen LogP) is 1.16. The van der Waals surface area contributed by atoms with Crippen molar-refractivity contribution < 1.29 is 9.13 Å². The monoisotopic (exact) mass is 224 g/mol. The van der Waals surface area contributed by atoms with Crippen molar-refractivity contribution in [3.8, 4) is 0 Å². The van der Waals surface area contributed by atoms with Crippen LogP contribution in [0.4, 0.5) is 4.39 Å². The Morgan fingerprint density at radius 2 is 1.88 bits per heavy atom. The van der Waals surface area contributed by atoms with Crippen LogP contribution in [0.15, 0.2) is 24.3 Å². The molecule has 1 aromatic carbocycles. The van der Waals surface area contributed by atoms with E-state index in [2.05, 4.69) is 4.90 Å². The van der Waals surface area contributed by atoms with Crippen molar-refractivity contribution in [1.29, 1.82) is 0 Å². The Labute approximate surface area is 95.0 Å². The molecule has 1 atom stereocenters. The molecule has 1 fully saturated rings. The summed E-state index contributed by atoms with van der Waals surface area (Å²) in [5.74, 6) is -0.207. The van der Waals surface area contributed by atoms with E-state index in [0.29, 0.717) is 6.54 Å². The van der Waals surface area contributed by atoms with Crippen LogP contribution >= 0.6 is 0 Å². The smallest absolute Gasteiger partial charge is 0.123 e. The first-order valence-corrected chi connectivity index (χ1v) is 5.58. The fourth-order valence-electron chi connectivity index (χ4n) is 2.07. The summed E-state index contributed by atoms with van der Waals surface area (Å²) in [7, 11) is 0. The van der Waals surface area contributed by atoms with Gasteiger partial charge in [-0.25, -0.2) is 4.39 Å². The Morgan fingerprint density at radius 3 is 2.44 bits per heavy atom. The van der Waals surface area contributed by atoms with E-state index in [-0.39, 0.29) is 11.9 Å². The molecule has 2 N–H and O–H groups in total. The lowest BCUT2D eigenvalue weighted by atomic mass is 10.0. The largest absolute Gasteiger partial charge is 0.379 e. The van der Waals surface area contributed by atoms with Gasteiger partial charge in [0.25, 0.3) is 0 Å². The molecular formula is C12H17FN2O. The number of rotatable bonds is 3. The Bertz CT molecular complexity index is 322. The molecule has 88 valence electrons. The first-order chi connectivity index (χ1) is 7.81. The first-order valence-electron chi connectivity index (χ1n) is 5.58. The third kappa shape index (κ3) is 2.58. The molecule has 1 aliphatic rings. The van der Waals surface area contributed by atoms with Gasteiger partial charge in [0.05, 0.1) is 13.2 Å². The lowest BCUT2D eigenvalue weighted by Gasteiger charge is -2.34. The van der Waals surface area contributed by atoms with Crippen LogP contribution in [0.1, 0.15) is 11.6 Å². The molecule has 1 heterocycles. The number of halogens is 1. The minimum atomic E-state index is -0.207. The maximum absolute atomic E-state index is 12.8. The molecule has 3 nitrogen and oxygen atoms in total.